The second kappa shape index (κ2) is 12.2. The second-order valence-electron chi connectivity index (χ2n) is 14.1. The highest BCUT2D eigenvalue weighted by molar-refractivity contribution is 6.25. The minimum atomic E-state index is 0.918. The Morgan fingerprint density at radius 2 is 0.685 bits per heavy atom. The van der Waals surface area contributed by atoms with E-state index in [0.29, 0.717) is 0 Å². The Bertz CT molecular complexity index is 3220. The molecule has 2 heteroatoms. The Morgan fingerprint density at radius 3 is 1.33 bits per heavy atom. The number of fused-ring (bicyclic) bond motifs is 10. The van der Waals surface area contributed by atoms with Crippen LogP contribution in [0.1, 0.15) is 0 Å². The van der Waals surface area contributed by atoms with Gasteiger partial charge in [0.05, 0.1) is 22.4 Å². The quantitative estimate of drug-likeness (QED) is 0.172. The zero-order chi connectivity index (χ0) is 35.6. The fourth-order valence-electron chi connectivity index (χ4n) is 8.39. The van der Waals surface area contributed by atoms with E-state index in [2.05, 4.69) is 188 Å². The van der Waals surface area contributed by atoms with Crippen molar-refractivity contribution in [2.45, 2.75) is 0 Å². The molecule has 0 atom stereocenters. The highest BCUT2D eigenvalue weighted by atomic mass is 14.8. The van der Waals surface area contributed by atoms with Gasteiger partial charge in [-0.3, -0.25) is 0 Å². The van der Waals surface area contributed by atoms with Gasteiger partial charge in [-0.05, 0) is 83.5 Å². The first kappa shape index (κ1) is 30.5. The van der Waals surface area contributed by atoms with Crippen LogP contribution in [-0.4, -0.2) is 9.97 Å². The minimum Gasteiger partial charge on any atom is -0.245 e. The molecule has 11 rings (SSSR count). The van der Waals surface area contributed by atoms with E-state index in [1.54, 1.807) is 0 Å². The summed E-state index contributed by atoms with van der Waals surface area (Å²) in [6, 6.07) is 69.8. The van der Waals surface area contributed by atoms with Gasteiger partial charge in [0.25, 0.3) is 0 Å². The van der Waals surface area contributed by atoms with E-state index in [1.807, 2.05) is 6.07 Å². The number of rotatable bonds is 4. The molecule has 0 bridgehead atoms. The van der Waals surface area contributed by atoms with Crippen LogP contribution in [-0.2, 0) is 0 Å². The van der Waals surface area contributed by atoms with Crippen molar-refractivity contribution in [3.63, 3.8) is 0 Å². The van der Waals surface area contributed by atoms with Crippen LogP contribution >= 0.6 is 0 Å². The molecule has 0 saturated heterocycles. The predicted molar refractivity (Wildman–Crippen MR) is 229 cm³/mol. The van der Waals surface area contributed by atoms with Gasteiger partial charge in [-0.15, -0.1) is 0 Å². The average Bonchev–Trinajstić information content (AvgIpc) is 3.26. The number of hydrogen-bond acceptors (Lipinski definition) is 2. The van der Waals surface area contributed by atoms with Crippen LogP contribution in [0.4, 0.5) is 0 Å². The summed E-state index contributed by atoms with van der Waals surface area (Å²) in [6.07, 6.45) is 0. The van der Waals surface area contributed by atoms with E-state index in [-0.39, 0.29) is 0 Å². The van der Waals surface area contributed by atoms with Crippen LogP contribution in [0.5, 0.6) is 0 Å². The monoisotopic (exact) mass is 684 g/mol. The minimum absolute atomic E-state index is 0.918. The Balaban J connectivity index is 0.991. The average molecular weight is 685 g/mol. The van der Waals surface area contributed by atoms with Crippen molar-refractivity contribution in [1.29, 1.82) is 0 Å². The van der Waals surface area contributed by atoms with Crippen molar-refractivity contribution in [3.8, 4) is 44.8 Å². The molecule has 0 amide bonds. The van der Waals surface area contributed by atoms with Gasteiger partial charge in [0, 0.05) is 21.9 Å². The van der Waals surface area contributed by atoms with Gasteiger partial charge < -0.3 is 0 Å². The molecule has 2 heterocycles. The van der Waals surface area contributed by atoms with E-state index in [4.69, 9.17) is 9.97 Å². The third-order valence-electron chi connectivity index (χ3n) is 11.1. The topological polar surface area (TPSA) is 25.8 Å². The van der Waals surface area contributed by atoms with Gasteiger partial charge in [-0.1, -0.05) is 176 Å². The lowest BCUT2D eigenvalue weighted by molar-refractivity contribution is 1.37. The predicted octanol–water partition coefficient (Wildman–Crippen LogP) is 14.1. The van der Waals surface area contributed by atoms with Gasteiger partial charge >= 0.3 is 0 Å². The molecular weight excluding hydrogens is 653 g/mol. The maximum atomic E-state index is 5.30. The maximum absolute atomic E-state index is 5.30. The SMILES string of the molecule is c1ccc(-c2ccc3ccc4ccc(-c5ccc(-c6ccc(-c7ccc8c9ccccc9c9ccccc9c8c7)cc6)c6ccccc56)nc4c3n2)cc1. The van der Waals surface area contributed by atoms with Crippen molar-refractivity contribution < 1.29 is 0 Å². The molecule has 0 aliphatic carbocycles. The number of hydrogen-bond donors (Lipinski definition) is 0. The maximum Gasteiger partial charge on any atom is 0.0972 e. The lowest BCUT2D eigenvalue weighted by Gasteiger charge is -2.14. The summed E-state index contributed by atoms with van der Waals surface area (Å²) >= 11 is 0. The molecular formula is C52H32N2. The summed E-state index contributed by atoms with van der Waals surface area (Å²) in [5.41, 5.74) is 10.8. The molecule has 250 valence electrons. The lowest BCUT2D eigenvalue weighted by atomic mass is 9.91. The summed E-state index contributed by atoms with van der Waals surface area (Å²) in [5.74, 6) is 0. The molecule has 2 aromatic heterocycles. The van der Waals surface area contributed by atoms with E-state index in [9.17, 15) is 0 Å². The number of nitrogens with zero attached hydrogens (tertiary/aromatic N) is 2. The van der Waals surface area contributed by atoms with Gasteiger partial charge in [0.15, 0.2) is 0 Å². The summed E-state index contributed by atoms with van der Waals surface area (Å²) in [4.78, 5) is 10.4. The van der Waals surface area contributed by atoms with Crippen LogP contribution in [0.15, 0.2) is 194 Å². The third kappa shape index (κ3) is 4.88. The molecule has 0 aliphatic heterocycles. The van der Waals surface area contributed by atoms with E-state index >= 15 is 0 Å². The zero-order valence-electron chi connectivity index (χ0n) is 29.4. The fraction of sp³-hybridized carbons (Fsp3) is 0. The molecule has 0 spiro atoms. The van der Waals surface area contributed by atoms with Crippen LogP contribution in [0.25, 0.3) is 110 Å². The standard InChI is InChI=1S/C52H32N2/c1-2-10-35(11-3-1)49-30-25-36-22-23-37-26-31-50(54-52(37)51(36)53-49)47-29-28-39(40-12-4-8-16-44(40)47)34-20-18-33(19-21-34)38-24-27-46-43-15-6-5-13-41(43)42-14-7-9-17-45(42)48(46)32-38/h1-32H. The molecule has 0 saturated carbocycles. The van der Waals surface area contributed by atoms with Gasteiger partial charge in [0.2, 0.25) is 0 Å². The second-order valence-corrected chi connectivity index (χ2v) is 14.1. The number of pyridine rings is 2. The van der Waals surface area contributed by atoms with Crippen LogP contribution in [0.2, 0.25) is 0 Å². The largest absolute Gasteiger partial charge is 0.245 e. The van der Waals surface area contributed by atoms with Gasteiger partial charge in [0.1, 0.15) is 0 Å². The van der Waals surface area contributed by atoms with Gasteiger partial charge in [-0.25, -0.2) is 9.97 Å². The van der Waals surface area contributed by atoms with Crippen molar-refractivity contribution in [2.75, 3.05) is 0 Å². The Kier molecular flexibility index (Phi) is 6.90. The van der Waals surface area contributed by atoms with E-state index in [1.165, 1.54) is 65.3 Å². The first-order chi connectivity index (χ1) is 26.8. The fourth-order valence-corrected chi connectivity index (χ4v) is 8.39. The van der Waals surface area contributed by atoms with Crippen molar-refractivity contribution in [1.82, 2.24) is 9.97 Å². The molecule has 0 aliphatic rings. The van der Waals surface area contributed by atoms with Crippen LogP contribution in [0.3, 0.4) is 0 Å². The van der Waals surface area contributed by atoms with Crippen molar-refractivity contribution in [2.24, 2.45) is 0 Å². The molecule has 11 aromatic rings. The molecule has 2 nitrogen and oxygen atoms in total. The highest BCUT2D eigenvalue weighted by Crippen LogP contribution is 2.39. The van der Waals surface area contributed by atoms with Crippen molar-refractivity contribution in [3.05, 3.63) is 194 Å². The van der Waals surface area contributed by atoms with Crippen molar-refractivity contribution >= 4 is 64.9 Å². The van der Waals surface area contributed by atoms with Gasteiger partial charge in [-0.2, -0.15) is 0 Å². The smallest absolute Gasteiger partial charge is 0.0972 e. The first-order valence-electron chi connectivity index (χ1n) is 18.5. The summed E-state index contributed by atoms with van der Waals surface area (Å²) < 4.78 is 0. The third-order valence-corrected chi connectivity index (χ3v) is 11.1. The zero-order valence-corrected chi connectivity index (χ0v) is 29.4. The molecule has 9 aromatic carbocycles. The summed E-state index contributed by atoms with van der Waals surface area (Å²) in [6.45, 7) is 0. The highest BCUT2D eigenvalue weighted by Gasteiger charge is 2.14. The summed E-state index contributed by atoms with van der Waals surface area (Å²) in [5, 5.41) is 12.3. The molecule has 0 unspecified atom stereocenters. The lowest BCUT2D eigenvalue weighted by Crippen LogP contribution is -1.92. The number of aromatic nitrogens is 2. The Hall–Kier alpha value is -7.16. The van der Waals surface area contributed by atoms with E-state index < -0.39 is 0 Å². The van der Waals surface area contributed by atoms with Crippen LogP contribution < -0.4 is 0 Å². The molecule has 54 heavy (non-hydrogen) atoms. The molecule has 0 radical (unpaired) electrons. The normalized spacial score (nSPS) is 11.7. The Morgan fingerprint density at radius 1 is 0.241 bits per heavy atom. The number of benzene rings is 9. The molecule has 0 N–H and O–H groups in total. The molecule has 0 fully saturated rings. The first-order valence-corrected chi connectivity index (χ1v) is 18.5. The van der Waals surface area contributed by atoms with Crippen LogP contribution in [0, 0.1) is 0 Å². The summed E-state index contributed by atoms with van der Waals surface area (Å²) in [7, 11) is 0. The Labute approximate surface area is 312 Å². The van der Waals surface area contributed by atoms with E-state index in [0.717, 1.165) is 44.3 Å².